The van der Waals surface area contributed by atoms with E-state index in [0.717, 1.165) is 11.3 Å². The lowest BCUT2D eigenvalue weighted by atomic mass is 10.2. The maximum atomic E-state index is 5.79. The van der Waals surface area contributed by atoms with E-state index in [2.05, 4.69) is 25.6 Å². The highest BCUT2D eigenvalue weighted by Gasteiger charge is 2.03. The molecule has 2 rings (SSSR count). The highest BCUT2D eigenvalue weighted by molar-refractivity contribution is 6.28. The van der Waals surface area contributed by atoms with Crippen LogP contribution in [0.5, 0.6) is 5.75 Å². The predicted octanol–water partition coefficient (Wildman–Crippen LogP) is 2.19. The Labute approximate surface area is 116 Å². The minimum absolute atomic E-state index is 0.150. The van der Waals surface area contributed by atoms with Gasteiger partial charge in [0.2, 0.25) is 17.2 Å². The van der Waals surface area contributed by atoms with Gasteiger partial charge in [-0.05, 0) is 29.3 Å². The Balaban J connectivity index is 2.03. The number of nitrogens with one attached hydrogen (secondary N) is 2. The molecule has 0 aliphatic heterocycles. The van der Waals surface area contributed by atoms with Gasteiger partial charge in [-0.3, -0.25) is 0 Å². The first-order valence-corrected chi connectivity index (χ1v) is 6.05. The molecule has 0 saturated carbocycles. The van der Waals surface area contributed by atoms with Crippen LogP contribution in [0.2, 0.25) is 5.28 Å². The SMILES string of the molecule is CNc1nc(Cl)nc(NCc2ccc(OC)cc2)n1. The van der Waals surface area contributed by atoms with Crippen molar-refractivity contribution in [1.29, 1.82) is 0 Å². The molecule has 1 heterocycles. The van der Waals surface area contributed by atoms with Crippen LogP contribution >= 0.6 is 11.6 Å². The first kappa shape index (κ1) is 13.4. The summed E-state index contributed by atoms with van der Waals surface area (Å²) < 4.78 is 5.10. The van der Waals surface area contributed by atoms with E-state index >= 15 is 0 Å². The minimum atomic E-state index is 0.150. The van der Waals surface area contributed by atoms with Crippen molar-refractivity contribution >= 4 is 23.5 Å². The number of hydrogen-bond acceptors (Lipinski definition) is 6. The fourth-order valence-electron chi connectivity index (χ4n) is 1.47. The molecule has 0 unspecified atom stereocenters. The lowest BCUT2D eigenvalue weighted by molar-refractivity contribution is 0.414. The summed E-state index contributed by atoms with van der Waals surface area (Å²) >= 11 is 5.79. The van der Waals surface area contributed by atoms with Crippen LogP contribution in [-0.4, -0.2) is 29.1 Å². The third kappa shape index (κ3) is 3.69. The number of ether oxygens (including phenoxy) is 1. The predicted molar refractivity (Wildman–Crippen MR) is 74.7 cm³/mol. The lowest BCUT2D eigenvalue weighted by Gasteiger charge is -2.07. The molecule has 0 bridgehead atoms. The Hall–Kier alpha value is -2.08. The second-order valence-corrected chi connectivity index (χ2v) is 4.04. The van der Waals surface area contributed by atoms with Crippen LogP contribution in [0.3, 0.4) is 0 Å². The maximum absolute atomic E-state index is 5.79. The third-order valence-electron chi connectivity index (χ3n) is 2.44. The van der Waals surface area contributed by atoms with E-state index in [4.69, 9.17) is 16.3 Å². The van der Waals surface area contributed by atoms with Gasteiger partial charge in [0.05, 0.1) is 7.11 Å². The molecule has 0 aliphatic rings. The van der Waals surface area contributed by atoms with E-state index in [-0.39, 0.29) is 5.28 Å². The number of methoxy groups -OCH3 is 1. The molecule has 0 radical (unpaired) electrons. The summed E-state index contributed by atoms with van der Waals surface area (Å²) in [5, 5.41) is 6.05. The van der Waals surface area contributed by atoms with Gasteiger partial charge in [-0.1, -0.05) is 12.1 Å². The first-order valence-electron chi connectivity index (χ1n) is 5.67. The number of hydrogen-bond donors (Lipinski definition) is 2. The number of benzene rings is 1. The number of aromatic nitrogens is 3. The number of anilines is 2. The molecule has 2 aromatic rings. The zero-order chi connectivity index (χ0) is 13.7. The normalized spacial score (nSPS) is 10.1. The van der Waals surface area contributed by atoms with E-state index in [1.54, 1.807) is 14.2 Å². The fraction of sp³-hybridized carbons (Fsp3) is 0.250. The lowest BCUT2D eigenvalue weighted by Crippen LogP contribution is -2.07. The Morgan fingerprint density at radius 2 is 1.79 bits per heavy atom. The van der Waals surface area contributed by atoms with Crippen LogP contribution < -0.4 is 15.4 Å². The van der Waals surface area contributed by atoms with Crippen LogP contribution in [0.25, 0.3) is 0 Å². The first-order chi connectivity index (χ1) is 9.21. The minimum Gasteiger partial charge on any atom is -0.497 e. The molecule has 7 heteroatoms. The van der Waals surface area contributed by atoms with Crippen LogP contribution in [-0.2, 0) is 6.54 Å². The van der Waals surface area contributed by atoms with Gasteiger partial charge >= 0.3 is 0 Å². The number of nitrogens with zero attached hydrogens (tertiary/aromatic N) is 3. The molecule has 2 N–H and O–H groups in total. The molecule has 0 saturated heterocycles. The van der Waals surface area contributed by atoms with Crippen molar-refractivity contribution in [3.63, 3.8) is 0 Å². The molecule has 0 spiro atoms. The van der Waals surface area contributed by atoms with Gasteiger partial charge in [-0.25, -0.2) is 0 Å². The second-order valence-electron chi connectivity index (χ2n) is 3.70. The summed E-state index contributed by atoms with van der Waals surface area (Å²) in [6.07, 6.45) is 0. The summed E-state index contributed by atoms with van der Waals surface area (Å²) in [5.74, 6) is 1.68. The van der Waals surface area contributed by atoms with Crippen molar-refractivity contribution in [3.05, 3.63) is 35.1 Å². The van der Waals surface area contributed by atoms with Crippen molar-refractivity contribution in [2.45, 2.75) is 6.54 Å². The fourth-order valence-corrected chi connectivity index (χ4v) is 1.63. The second kappa shape index (κ2) is 6.19. The van der Waals surface area contributed by atoms with Crippen molar-refractivity contribution in [3.8, 4) is 5.75 Å². The van der Waals surface area contributed by atoms with E-state index in [9.17, 15) is 0 Å². The number of rotatable bonds is 5. The van der Waals surface area contributed by atoms with Crippen molar-refractivity contribution in [1.82, 2.24) is 15.0 Å². The molecule has 100 valence electrons. The molecule has 19 heavy (non-hydrogen) atoms. The van der Waals surface area contributed by atoms with Gasteiger partial charge in [-0.2, -0.15) is 15.0 Å². The molecule has 1 aromatic carbocycles. The van der Waals surface area contributed by atoms with Gasteiger partial charge in [0.1, 0.15) is 5.75 Å². The average Bonchev–Trinajstić information content (AvgIpc) is 2.45. The van der Waals surface area contributed by atoms with Crippen molar-refractivity contribution < 1.29 is 4.74 Å². The summed E-state index contributed by atoms with van der Waals surface area (Å²) in [4.78, 5) is 12.1. The molecule has 0 fully saturated rings. The largest absolute Gasteiger partial charge is 0.497 e. The van der Waals surface area contributed by atoms with Crippen molar-refractivity contribution in [2.75, 3.05) is 24.8 Å². The maximum Gasteiger partial charge on any atom is 0.229 e. The number of halogens is 1. The van der Waals surface area contributed by atoms with Crippen LogP contribution in [0.4, 0.5) is 11.9 Å². The zero-order valence-electron chi connectivity index (χ0n) is 10.6. The van der Waals surface area contributed by atoms with E-state index in [1.807, 2.05) is 24.3 Å². The highest BCUT2D eigenvalue weighted by Crippen LogP contribution is 2.13. The van der Waals surface area contributed by atoms with Crippen molar-refractivity contribution in [2.24, 2.45) is 0 Å². The summed E-state index contributed by atoms with van der Waals surface area (Å²) in [6, 6.07) is 7.73. The molecular formula is C12H14ClN5O. The molecule has 0 amide bonds. The third-order valence-corrected chi connectivity index (χ3v) is 2.61. The van der Waals surface area contributed by atoms with Gasteiger partial charge < -0.3 is 15.4 Å². The average molecular weight is 280 g/mol. The van der Waals surface area contributed by atoms with E-state index in [0.29, 0.717) is 18.4 Å². The standard InChI is InChI=1S/C12H14ClN5O/c1-14-11-16-10(13)17-12(18-11)15-7-8-3-5-9(19-2)6-4-8/h3-6H,7H2,1-2H3,(H2,14,15,16,17,18). The zero-order valence-corrected chi connectivity index (χ0v) is 11.4. The van der Waals surface area contributed by atoms with Crippen LogP contribution in [0, 0.1) is 0 Å². The van der Waals surface area contributed by atoms with E-state index < -0.39 is 0 Å². The van der Waals surface area contributed by atoms with Gasteiger partial charge in [0.25, 0.3) is 0 Å². The Morgan fingerprint density at radius 3 is 2.42 bits per heavy atom. The smallest absolute Gasteiger partial charge is 0.229 e. The van der Waals surface area contributed by atoms with Gasteiger partial charge in [-0.15, -0.1) is 0 Å². The van der Waals surface area contributed by atoms with Gasteiger partial charge in [0.15, 0.2) is 0 Å². The Morgan fingerprint density at radius 1 is 1.11 bits per heavy atom. The molecule has 6 nitrogen and oxygen atoms in total. The topological polar surface area (TPSA) is 72.0 Å². The van der Waals surface area contributed by atoms with E-state index in [1.165, 1.54) is 0 Å². The monoisotopic (exact) mass is 279 g/mol. The summed E-state index contributed by atoms with van der Waals surface area (Å²) in [7, 11) is 3.36. The molecular weight excluding hydrogens is 266 g/mol. The van der Waals surface area contributed by atoms with Gasteiger partial charge in [0, 0.05) is 13.6 Å². The van der Waals surface area contributed by atoms with Crippen LogP contribution in [0.15, 0.2) is 24.3 Å². The highest BCUT2D eigenvalue weighted by atomic mass is 35.5. The summed E-state index contributed by atoms with van der Waals surface area (Å²) in [5.41, 5.74) is 1.09. The Bertz CT molecular complexity index is 546. The quantitative estimate of drug-likeness (QED) is 0.874. The molecule has 1 aromatic heterocycles. The molecule has 0 atom stereocenters. The Kier molecular flexibility index (Phi) is 4.35. The van der Waals surface area contributed by atoms with Crippen LogP contribution in [0.1, 0.15) is 5.56 Å². The summed E-state index contributed by atoms with van der Waals surface area (Å²) in [6.45, 7) is 0.591. The molecule has 0 aliphatic carbocycles.